The minimum atomic E-state index is -0.0340. The first kappa shape index (κ1) is 14.5. The largest absolute Gasteiger partial charge is 0.373 e. The molecule has 4 nitrogen and oxygen atoms in total. The molecule has 0 fully saturated rings. The lowest BCUT2D eigenvalue weighted by Gasteiger charge is -2.22. The van der Waals surface area contributed by atoms with Gasteiger partial charge >= 0.3 is 0 Å². The highest BCUT2D eigenvalue weighted by atomic mass is 16.1. The van der Waals surface area contributed by atoms with E-state index in [4.69, 9.17) is 0 Å². The molecule has 1 aromatic heterocycles. The van der Waals surface area contributed by atoms with Crippen molar-refractivity contribution in [1.82, 2.24) is 10.3 Å². The molecular weight excluding hydrogens is 226 g/mol. The van der Waals surface area contributed by atoms with Gasteiger partial charge in [-0.15, -0.1) is 0 Å². The van der Waals surface area contributed by atoms with Crippen LogP contribution in [0.25, 0.3) is 0 Å². The Labute approximate surface area is 109 Å². The maximum atomic E-state index is 12.1. The second-order valence-electron chi connectivity index (χ2n) is 4.52. The van der Waals surface area contributed by atoms with Crippen LogP contribution in [0.1, 0.15) is 44.0 Å². The summed E-state index contributed by atoms with van der Waals surface area (Å²) in [6.45, 7) is 6.38. The standard InChI is InChI=1S/C14H23N3O/c1-5-11(6-2)10(3)17-14(18)12-7-8-16-13(9-12)15-4/h7-11H,5-6H2,1-4H3,(H,15,16)(H,17,18). The zero-order valence-electron chi connectivity index (χ0n) is 11.7. The van der Waals surface area contributed by atoms with Crippen molar-refractivity contribution in [3.05, 3.63) is 23.9 Å². The van der Waals surface area contributed by atoms with E-state index < -0.39 is 0 Å². The zero-order chi connectivity index (χ0) is 13.5. The van der Waals surface area contributed by atoms with Crippen LogP contribution in [0.4, 0.5) is 5.82 Å². The maximum Gasteiger partial charge on any atom is 0.251 e. The SMILES string of the molecule is CCC(CC)C(C)NC(=O)c1ccnc(NC)c1. The molecule has 0 bridgehead atoms. The number of carbonyl (C=O) groups excluding carboxylic acids is 1. The van der Waals surface area contributed by atoms with Crippen molar-refractivity contribution in [2.24, 2.45) is 5.92 Å². The predicted octanol–water partition coefficient (Wildman–Crippen LogP) is 2.68. The summed E-state index contributed by atoms with van der Waals surface area (Å²) in [6, 6.07) is 3.68. The lowest BCUT2D eigenvalue weighted by atomic mass is 9.95. The molecule has 1 rings (SSSR count). The number of aromatic nitrogens is 1. The van der Waals surface area contributed by atoms with Crippen LogP contribution in [0.15, 0.2) is 18.3 Å². The van der Waals surface area contributed by atoms with Gasteiger partial charge in [0.05, 0.1) is 0 Å². The van der Waals surface area contributed by atoms with Gasteiger partial charge in [-0.3, -0.25) is 4.79 Å². The first-order chi connectivity index (χ1) is 8.62. The van der Waals surface area contributed by atoms with Crippen LogP contribution in [0.2, 0.25) is 0 Å². The van der Waals surface area contributed by atoms with E-state index in [-0.39, 0.29) is 11.9 Å². The van der Waals surface area contributed by atoms with Crippen LogP contribution in [-0.4, -0.2) is 24.0 Å². The van der Waals surface area contributed by atoms with Crippen LogP contribution in [0.3, 0.4) is 0 Å². The number of hydrogen-bond acceptors (Lipinski definition) is 3. The first-order valence-corrected chi connectivity index (χ1v) is 6.57. The van der Waals surface area contributed by atoms with Crippen molar-refractivity contribution in [3.8, 4) is 0 Å². The average molecular weight is 249 g/mol. The molecule has 0 aliphatic heterocycles. The van der Waals surface area contributed by atoms with E-state index in [9.17, 15) is 4.79 Å². The molecule has 0 spiro atoms. The predicted molar refractivity (Wildman–Crippen MR) is 74.8 cm³/mol. The highest BCUT2D eigenvalue weighted by Gasteiger charge is 2.16. The highest BCUT2D eigenvalue weighted by Crippen LogP contribution is 2.13. The Kier molecular flexibility index (Phi) is 5.62. The first-order valence-electron chi connectivity index (χ1n) is 6.57. The van der Waals surface area contributed by atoms with Gasteiger partial charge in [-0.2, -0.15) is 0 Å². The summed E-state index contributed by atoms with van der Waals surface area (Å²) < 4.78 is 0. The number of amides is 1. The third-order valence-electron chi connectivity index (χ3n) is 3.39. The summed E-state index contributed by atoms with van der Waals surface area (Å²) in [5.74, 6) is 1.20. The molecule has 18 heavy (non-hydrogen) atoms. The van der Waals surface area contributed by atoms with Gasteiger partial charge in [0, 0.05) is 24.8 Å². The molecule has 100 valence electrons. The van der Waals surface area contributed by atoms with Gasteiger partial charge in [0.1, 0.15) is 5.82 Å². The monoisotopic (exact) mass is 249 g/mol. The molecule has 1 unspecified atom stereocenters. The number of pyridine rings is 1. The summed E-state index contributed by atoms with van der Waals surface area (Å²) >= 11 is 0. The smallest absolute Gasteiger partial charge is 0.251 e. The van der Waals surface area contributed by atoms with Crippen molar-refractivity contribution in [1.29, 1.82) is 0 Å². The number of nitrogens with zero attached hydrogens (tertiary/aromatic N) is 1. The molecule has 0 aliphatic carbocycles. The van der Waals surface area contributed by atoms with Crippen molar-refractivity contribution in [2.45, 2.75) is 39.7 Å². The third-order valence-corrected chi connectivity index (χ3v) is 3.39. The average Bonchev–Trinajstić information content (AvgIpc) is 2.40. The fourth-order valence-corrected chi connectivity index (χ4v) is 2.11. The lowest BCUT2D eigenvalue weighted by molar-refractivity contribution is 0.0925. The second-order valence-corrected chi connectivity index (χ2v) is 4.52. The fraction of sp³-hybridized carbons (Fsp3) is 0.571. The van der Waals surface area contributed by atoms with Crippen molar-refractivity contribution in [3.63, 3.8) is 0 Å². The van der Waals surface area contributed by atoms with Crippen LogP contribution in [-0.2, 0) is 0 Å². The molecule has 4 heteroatoms. The maximum absolute atomic E-state index is 12.1. The minimum Gasteiger partial charge on any atom is -0.373 e. The Balaban J connectivity index is 2.69. The van der Waals surface area contributed by atoms with Gasteiger partial charge in [0.25, 0.3) is 5.91 Å². The van der Waals surface area contributed by atoms with Crippen LogP contribution >= 0.6 is 0 Å². The molecule has 1 heterocycles. The Bertz CT molecular complexity index is 388. The molecule has 1 atom stereocenters. The quantitative estimate of drug-likeness (QED) is 0.815. The fourth-order valence-electron chi connectivity index (χ4n) is 2.11. The lowest BCUT2D eigenvalue weighted by Crippen LogP contribution is -2.37. The molecule has 2 N–H and O–H groups in total. The van der Waals surface area contributed by atoms with Crippen molar-refractivity contribution in [2.75, 3.05) is 12.4 Å². The van der Waals surface area contributed by atoms with Gasteiger partial charge in [0.2, 0.25) is 0 Å². The van der Waals surface area contributed by atoms with Crippen LogP contribution in [0, 0.1) is 5.92 Å². The highest BCUT2D eigenvalue weighted by molar-refractivity contribution is 5.94. The Hall–Kier alpha value is -1.58. The van der Waals surface area contributed by atoms with Crippen LogP contribution in [0.5, 0.6) is 0 Å². The molecule has 0 aromatic carbocycles. The number of rotatable bonds is 6. The van der Waals surface area contributed by atoms with Gasteiger partial charge in [0.15, 0.2) is 0 Å². The van der Waals surface area contributed by atoms with Crippen molar-refractivity contribution < 1.29 is 4.79 Å². The van der Waals surface area contributed by atoms with Crippen molar-refractivity contribution >= 4 is 11.7 Å². The van der Waals surface area contributed by atoms with Gasteiger partial charge in [-0.1, -0.05) is 26.7 Å². The van der Waals surface area contributed by atoms with E-state index in [0.717, 1.165) is 12.8 Å². The van der Waals surface area contributed by atoms with Gasteiger partial charge < -0.3 is 10.6 Å². The van der Waals surface area contributed by atoms with Crippen LogP contribution < -0.4 is 10.6 Å². The minimum absolute atomic E-state index is 0.0340. The zero-order valence-corrected chi connectivity index (χ0v) is 11.7. The summed E-state index contributed by atoms with van der Waals surface area (Å²) in [5.41, 5.74) is 0.646. The molecule has 0 aliphatic rings. The van der Waals surface area contributed by atoms with E-state index in [0.29, 0.717) is 17.3 Å². The molecule has 0 saturated heterocycles. The van der Waals surface area contributed by atoms with E-state index in [1.54, 1.807) is 25.4 Å². The number of carbonyl (C=O) groups is 1. The third kappa shape index (κ3) is 3.72. The topological polar surface area (TPSA) is 54.0 Å². The van der Waals surface area contributed by atoms with E-state index in [2.05, 4.69) is 36.4 Å². The Morgan fingerprint density at radius 3 is 2.61 bits per heavy atom. The molecule has 1 aromatic rings. The Morgan fingerprint density at radius 1 is 1.39 bits per heavy atom. The normalized spacial score (nSPS) is 12.3. The van der Waals surface area contributed by atoms with Gasteiger partial charge in [-0.05, 0) is 25.0 Å². The van der Waals surface area contributed by atoms with Gasteiger partial charge in [-0.25, -0.2) is 4.98 Å². The van der Waals surface area contributed by atoms with E-state index in [1.165, 1.54) is 0 Å². The van der Waals surface area contributed by atoms with E-state index >= 15 is 0 Å². The summed E-state index contributed by atoms with van der Waals surface area (Å²) in [5, 5.41) is 5.98. The molecule has 1 amide bonds. The second kappa shape index (κ2) is 6.99. The Morgan fingerprint density at radius 2 is 2.06 bits per heavy atom. The number of nitrogens with one attached hydrogen (secondary N) is 2. The summed E-state index contributed by atoms with van der Waals surface area (Å²) in [7, 11) is 1.79. The molecule has 0 radical (unpaired) electrons. The molecule has 0 saturated carbocycles. The number of hydrogen-bond donors (Lipinski definition) is 2. The summed E-state index contributed by atoms with van der Waals surface area (Å²) in [6.07, 6.45) is 3.80. The van der Waals surface area contributed by atoms with E-state index in [1.807, 2.05) is 0 Å². The molecular formula is C14H23N3O. The number of anilines is 1. The summed E-state index contributed by atoms with van der Waals surface area (Å²) in [4.78, 5) is 16.2.